The minimum atomic E-state index is -1.50. The van der Waals surface area contributed by atoms with Crippen LogP contribution in [0.15, 0.2) is 35.5 Å². The van der Waals surface area contributed by atoms with Crippen LogP contribution in [-0.2, 0) is 28.7 Å². The summed E-state index contributed by atoms with van der Waals surface area (Å²) in [6, 6.07) is 3.39. The molecule has 17 heteroatoms. The highest BCUT2D eigenvalue weighted by molar-refractivity contribution is 8.00. The summed E-state index contributed by atoms with van der Waals surface area (Å²) in [4.78, 5) is 99.0. The number of ether oxygens (including phenoxy) is 1. The number of amides is 6. The summed E-state index contributed by atoms with van der Waals surface area (Å²) in [5.74, 6) is -6.94. The van der Waals surface area contributed by atoms with E-state index in [4.69, 9.17) is 16.3 Å². The lowest BCUT2D eigenvalue weighted by Gasteiger charge is -2.49. The van der Waals surface area contributed by atoms with Crippen molar-refractivity contribution >= 4 is 70.9 Å². The molecule has 15 nitrogen and oxygen atoms in total. The van der Waals surface area contributed by atoms with Crippen LogP contribution in [0.1, 0.15) is 40.0 Å². The van der Waals surface area contributed by atoms with E-state index in [9.17, 15) is 48.6 Å². The molecule has 3 aliphatic heterocycles. The van der Waals surface area contributed by atoms with Gasteiger partial charge >= 0.3 is 18.0 Å². The molecule has 4 N–H and O–H groups in total. The number of alkyl halides is 1. The van der Waals surface area contributed by atoms with E-state index in [1.165, 1.54) is 12.1 Å². The normalized spacial score (nSPS) is 19.9. The van der Waals surface area contributed by atoms with Crippen LogP contribution >= 0.6 is 23.4 Å². The SMILES string of the molecule is O=C(CCl)NC(=O)OCC1=C(C(=O)O)N2C(=O)C(NC(=O)CCCC(C(=O)O)N3C(=O)c4ccccc4C3=O)[C@H]2SC1. The highest BCUT2D eigenvalue weighted by Crippen LogP contribution is 2.40. The van der Waals surface area contributed by atoms with Gasteiger partial charge < -0.3 is 20.3 Å². The maximum absolute atomic E-state index is 12.8. The third-order valence-electron chi connectivity index (χ3n) is 6.61. The number of alkyl carbamates (subject to hydrolysis) is 1. The predicted octanol–water partition coefficient (Wildman–Crippen LogP) is 0.136. The summed E-state index contributed by atoms with van der Waals surface area (Å²) >= 11 is 6.41. The van der Waals surface area contributed by atoms with Gasteiger partial charge in [-0.1, -0.05) is 12.1 Å². The Kier molecular flexibility index (Phi) is 9.16. The summed E-state index contributed by atoms with van der Waals surface area (Å²) < 4.78 is 4.86. The molecule has 1 aromatic carbocycles. The second-order valence-electron chi connectivity index (χ2n) is 9.24. The van der Waals surface area contributed by atoms with Crippen LogP contribution in [0.4, 0.5) is 4.79 Å². The van der Waals surface area contributed by atoms with Gasteiger partial charge in [-0.05, 0) is 25.0 Å². The molecule has 1 aromatic rings. The Bertz CT molecular complexity index is 1400. The Morgan fingerprint density at radius 3 is 2.26 bits per heavy atom. The van der Waals surface area contributed by atoms with Gasteiger partial charge in [0.25, 0.3) is 17.7 Å². The molecule has 1 saturated heterocycles. The maximum Gasteiger partial charge on any atom is 0.414 e. The van der Waals surface area contributed by atoms with Crippen LogP contribution in [0, 0.1) is 0 Å². The standard InChI is InChI=1S/C25H23ClN4O11S/c26-8-16(32)28-25(40)41-9-11-10-42-22-17(21(35)30(22)18(11)24(38)39)27-15(31)7-3-6-14(23(36)37)29-19(33)12-4-1-2-5-13(12)20(29)34/h1-2,4-5,14,17,22H,3,6-10H2,(H,27,31)(H,36,37)(H,38,39)(H,28,32,40)/t14?,17?,22-/m1/s1. The van der Waals surface area contributed by atoms with Crippen molar-refractivity contribution in [1.29, 1.82) is 0 Å². The van der Waals surface area contributed by atoms with Crippen LogP contribution in [0.25, 0.3) is 0 Å². The van der Waals surface area contributed by atoms with E-state index >= 15 is 0 Å². The number of benzene rings is 1. The van der Waals surface area contributed by atoms with Crippen molar-refractivity contribution in [3.05, 3.63) is 46.7 Å². The highest BCUT2D eigenvalue weighted by Gasteiger charge is 2.54. The third kappa shape index (κ3) is 5.94. The molecule has 6 amide bonds. The van der Waals surface area contributed by atoms with Crippen LogP contribution in [-0.4, -0.2) is 103 Å². The van der Waals surface area contributed by atoms with E-state index < -0.39 is 83.2 Å². The molecule has 4 rings (SSSR count). The van der Waals surface area contributed by atoms with E-state index in [2.05, 4.69) is 5.32 Å². The summed E-state index contributed by atoms with van der Waals surface area (Å²) in [6.07, 6.45) is -1.62. The van der Waals surface area contributed by atoms with E-state index in [1.54, 1.807) is 12.1 Å². The number of imide groups is 2. The first-order valence-corrected chi connectivity index (χ1v) is 14.0. The molecule has 222 valence electrons. The summed E-state index contributed by atoms with van der Waals surface area (Å²) in [5.41, 5.74) is -0.114. The summed E-state index contributed by atoms with van der Waals surface area (Å²) in [7, 11) is 0. The molecule has 0 aliphatic carbocycles. The van der Waals surface area contributed by atoms with Gasteiger partial charge in [-0.15, -0.1) is 23.4 Å². The fraction of sp³-hybridized carbons (Fsp3) is 0.360. The molecule has 0 spiro atoms. The Labute approximate surface area is 246 Å². The molecule has 0 aromatic heterocycles. The molecule has 2 unspecified atom stereocenters. The molecular weight excluding hydrogens is 600 g/mol. The van der Waals surface area contributed by atoms with Crippen molar-refractivity contribution in [1.82, 2.24) is 20.4 Å². The van der Waals surface area contributed by atoms with Gasteiger partial charge in [0.1, 0.15) is 35.6 Å². The molecule has 42 heavy (non-hydrogen) atoms. The van der Waals surface area contributed by atoms with Gasteiger partial charge in [-0.25, -0.2) is 14.4 Å². The number of nitrogens with one attached hydrogen (secondary N) is 2. The monoisotopic (exact) mass is 622 g/mol. The number of nitrogens with zero attached hydrogens (tertiary/aromatic N) is 2. The van der Waals surface area contributed by atoms with Crippen molar-refractivity contribution in [3.8, 4) is 0 Å². The number of halogens is 1. The van der Waals surface area contributed by atoms with E-state index in [-0.39, 0.29) is 41.7 Å². The number of carboxylic acid groups (broad SMARTS) is 2. The minimum absolute atomic E-state index is 0.0330. The predicted molar refractivity (Wildman–Crippen MR) is 142 cm³/mol. The lowest BCUT2D eigenvalue weighted by atomic mass is 10.0. The van der Waals surface area contributed by atoms with Gasteiger partial charge in [0.05, 0.1) is 11.1 Å². The topological polar surface area (TPSA) is 217 Å². The highest BCUT2D eigenvalue weighted by atomic mass is 35.5. The van der Waals surface area contributed by atoms with Crippen molar-refractivity contribution in [2.24, 2.45) is 0 Å². The van der Waals surface area contributed by atoms with Crippen molar-refractivity contribution < 1.29 is 53.3 Å². The number of rotatable bonds is 11. The third-order valence-corrected chi connectivity index (χ3v) is 8.19. The van der Waals surface area contributed by atoms with E-state index in [1.807, 2.05) is 5.32 Å². The first-order valence-electron chi connectivity index (χ1n) is 12.4. The van der Waals surface area contributed by atoms with Gasteiger partial charge in [0.15, 0.2) is 0 Å². The number of carbonyl (C=O) groups is 8. The van der Waals surface area contributed by atoms with Crippen LogP contribution < -0.4 is 10.6 Å². The second kappa shape index (κ2) is 12.6. The largest absolute Gasteiger partial charge is 0.480 e. The molecule has 0 bridgehead atoms. The summed E-state index contributed by atoms with van der Waals surface area (Å²) in [6.45, 7) is -0.512. The number of carbonyl (C=O) groups excluding carboxylic acids is 6. The van der Waals surface area contributed by atoms with Crippen LogP contribution in [0.3, 0.4) is 0 Å². The van der Waals surface area contributed by atoms with Crippen LogP contribution in [0.5, 0.6) is 0 Å². The second-order valence-corrected chi connectivity index (χ2v) is 10.6. The molecule has 0 radical (unpaired) electrons. The molecule has 3 aliphatic rings. The van der Waals surface area contributed by atoms with E-state index in [0.717, 1.165) is 16.7 Å². The zero-order valence-electron chi connectivity index (χ0n) is 21.5. The van der Waals surface area contributed by atoms with Gasteiger partial charge in [-0.2, -0.15) is 0 Å². The molecule has 3 heterocycles. The zero-order chi connectivity index (χ0) is 30.7. The molecular formula is C25H23ClN4O11S. The van der Waals surface area contributed by atoms with E-state index in [0.29, 0.717) is 4.90 Å². The number of carboxylic acids is 2. The number of thioether (sulfide) groups is 1. The maximum atomic E-state index is 12.8. The Morgan fingerprint density at radius 1 is 1.05 bits per heavy atom. The smallest absolute Gasteiger partial charge is 0.414 e. The van der Waals surface area contributed by atoms with Gasteiger partial charge in [0.2, 0.25) is 11.8 Å². The first-order chi connectivity index (χ1) is 20.0. The average molecular weight is 623 g/mol. The Morgan fingerprint density at radius 2 is 1.69 bits per heavy atom. The number of hydrogen-bond donors (Lipinski definition) is 4. The van der Waals surface area contributed by atoms with Crippen molar-refractivity contribution in [3.63, 3.8) is 0 Å². The average Bonchev–Trinajstić information content (AvgIpc) is 3.21. The number of hydrogen-bond acceptors (Lipinski definition) is 10. The molecule has 0 saturated carbocycles. The lowest BCUT2D eigenvalue weighted by molar-refractivity contribution is -0.150. The van der Waals surface area contributed by atoms with Crippen molar-refractivity contribution in [2.75, 3.05) is 18.2 Å². The Hall–Kier alpha value is -4.44. The fourth-order valence-corrected chi connectivity index (χ4v) is 6.08. The van der Waals surface area contributed by atoms with Gasteiger partial charge in [-0.3, -0.25) is 39.1 Å². The quantitative estimate of drug-likeness (QED) is 0.147. The van der Waals surface area contributed by atoms with Crippen molar-refractivity contribution in [2.45, 2.75) is 36.7 Å². The summed E-state index contributed by atoms with van der Waals surface area (Å²) in [5, 5.41) is 23.0. The zero-order valence-corrected chi connectivity index (χ0v) is 23.1. The number of fused-ring (bicyclic) bond motifs is 2. The number of β-lactam (4-membered cyclic amide) rings is 1. The van der Waals surface area contributed by atoms with Crippen LogP contribution in [0.2, 0.25) is 0 Å². The fourth-order valence-electron chi connectivity index (χ4n) is 4.69. The number of aliphatic carboxylic acids is 2. The molecule has 3 atom stereocenters. The van der Waals surface area contributed by atoms with Gasteiger partial charge in [0, 0.05) is 17.7 Å². The molecule has 1 fully saturated rings. The Balaban J connectivity index is 1.32. The first kappa shape index (κ1) is 30.5. The lowest BCUT2D eigenvalue weighted by Crippen LogP contribution is -2.70. The minimum Gasteiger partial charge on any atom is -0.480 e.